The van der Waals surface area contributed by atoms with E-state index in [9.17, 15) is 51.9 Å². The first-order valence-corrected chi connectivity index (χ1v) is 13.9. The Morgan fingerprint density at radius 3 is 1.42 bits per heavy atom. The average molecular weight is 619 g/mol. The van der Waals surface area contributed by atoms with Crippen molar-refractivity contribution in [1.82, 2.24) is 0 Å². The van der Waals surface area contributed by atoms with Gasteiger partial charge in [-0.05, 0) is 22.2 Å². The van der Waals surface area contributed by atoms with Gasteiger partial charge in [0.1, 0.15) is 19.6 Å². The first kappa shape index (κ1) is 37.6. The third-order valence-corrected chi connectivity index (χ3v) is 8.72. The molecule has 178 valence electrons. The van der Waals surface area contributed by atoms with Crippen LogP contribution in [0.2, 0.25) is 0 Å². The maximum Gasteiger partial charge on any atom is 1.00 e. The Morgan fingerprint density at radius 2 is 0.972 bits per heavy atom. The Bertz CT molecular complexity index is 1940. The molecule has 4 aromatic carbocycles. The monoisotopic (exact) mass is 618 g/mol. The molecule has 0 saturated heterocycles. The summed E-state index contributed by atoms with van der Waals surface area (Å²) in [5.41, 5.74) is 0. The number of hydrogen-bond donors (Lipinski definition) is 4. The fraction of sp³-hybridized carbons (Fsp3) is 0. The van der Waals surface area contributed by atoms with Gasteiger partial charge in [0.05, 0.1) is 0 Å². The van der Waals surface area contributed by atoms with Gasteiger partial charge in [-0.3, -0.25) is 18.2 Å². The van der Waals surface area contributed by atoms with Crippen LogP contribution in [0.25, 0.3) is 32.3 Å². The van der Waals surface area contributed by atoms with Gasteiger partial charge < -0.3 is 5.71 Å². The Labute approximate surface area is 300 Å². The molecule has 0 aliphatic carbocycles. The van der Waals surface area contributed by atoms with Gasteiger partial charge in [0.2, 0.25) is 0 Å². The Morgan fingerprint density at radius 1 is 0.500 bits per heavy atom. The summed E-state index contributed by atoms with van der Waals surface area (Å²) < 4.78 is 136. The standard InChI is InChI=1S/C16H10O12S4.4Na.4H/c17-29(18,19)10-6-8-3-1-2-7-4-5-9-12(11(7)8)13(10)15(31(23,24)25)16(32(26,27)28)14(9)30(20,21)22;;;;;;;;/h1-6H,(H,17,18,19)(H,20,21,22)(H,23,24,25)(H,26,27,28);;;;;;;;/q;4*+1;4*-1. The van der Waals surface area contributed by atoms with Crippen molar-refractivity contribution in [3.8, 4) is 0 Å². The molecule has 0 radical (unpaired) electrons. The molecule has 12 nitrogen and oxygen atoms in total. The molecular weight excluding hydrogens is 604 g/mol. The Kier molecular flexibility index (Phi) is 12.7. The van der Waals surface area contributed by atoms with Crippen LogP contribution in [0.3, 0.4) is 0 Å². The second-order valence-electron chi connectivity index (χ2n) is 6.70. The first-order valence-electron chi connectivity index (χ1n) is 8.11. The van der Waals surface area contributed by atoms with Gasteiger partial charge in [-0.25, -0.2) is 0 Å². The van der Waals surface area contributed by atoms with E-state index < -0.39 is 76.2 Å². The molecule has 0 aromatic heterocycles. The molecule has 36 heavy (non-hydrogen) atoms. The van der Waals surface area contributed by atoms with E-state index in [0.29, 0.717) is 5.39 Å². The molecule has 4 N–H and O–H groups in total. The molecule has 0 bridgehead atoms. The Balaban J connectivity index is -0.000000510. The summed E-state index contributed by atoms with van der Waals surface area (Å²) in [4.78, 5) is -6.60. The van der Waals surface area contributed by atoms with Gasteiger partial charge in [0.15, 0.2) is 0 Å². The van der Waals surface area contributed by atoms with Crippen molar-refractivity contribution in [2.75, 3.05) is 0 Å². The molecule has 0 spiro atoms. The minimum atomic E-state index is -5.84. The van der Waals surface area contributed by atoms with E-state index in [-0.39, 0.29) is 135 Å². The van der Waals surface area contributed by atoms with Crippen molar-refractivity contribution in [3.05, 3.63) is 36.4 Å². The molecule has 0 atom stereocenters. The minimum Gasteiger partial charge on any atom is -1.00 e. The quantitative estimate of drug-likeness (QED) is 0.0953. The molecule has 0 aliphatic heterocycles. The second kappa shape index (κ2) is 12.2. The smallest absolute Gasteiger partial charge is 1.00 e. The summed E-state index contributed by atoms with van der Waals surface area (Å²) in [6.07, 6.45) is 0. The number of hydrogen-bond acceptors (Lipinski definition) is 8. The van der Waals surface area contributed by atoms with Gasteiger partial charge >= 0.3 is 118 Å². The zero-order valence-corrected chi connectivity index (χ0v) is 30.4. The van der Waals surface area contributed by atoms with Crippen molar-refractivity contribution in [3.63, 3.8) is 0 Å². The van der Waals surface area contributed by atoms with Crippen molar-refractivity contribution in [2.45, 2.75) is 19.6 Å². The van der Waals surface area contributed by atoms with Gasteiger partial charge in [-0.2, -0.15) is 33.7 Å². The van der Waals surface area contributed by atoms with Crippen LogP contribution in [0.4, 0.5) is 0 Å². The molecule has 0 heterocycles. The van der Waals surface area contributed by atoms with Gasteiger partial charge in [-0.15, -0.1) is 0 Å². The van der Waals surface area contributed by atoms with E-state index in [4.69, 9.17) is 0 Å². The molecular formula is C16H14Na4O12S4. The molecule has 20 heteroatoms. The zero-order chi connectivity index (χ0) is 24.0. The van der Waals surface area contributed by atoms with Gasteiger partial charge in [0, 0.05) is 16.2 Å². The SMILES string of the molecule is O=S(=O)(O)c1c(S(=O)(=O)O)c2ccc3cccc4cc(S(=O)(=O)O)c(c1S(=O)(=O)O)c2c34.[H-].[H-].[H-].[H-].[Na+].[Na+].[Na+].[Na+]. The number of benzene rings is 4. The summed E-state index contributed by atoms with van der Waals surface area (Å²) in [5, 5.41) is -1.88. The van der Waals surface area contributed by atoms with Crippen molar-refractivity contribution in [1.29, 1.82) is 0 Å². The van der Waals surface area contributed by atoms with Crippen LogP contribution in [-0.4, -0.2) is 51.9 Å². The molecule has 0 saturated carbocycles. The van der Waals surface area contributed by atoms with Crippen LogP contribution in [0, 0.1) is 0 Å². The molecule has 0 unspecified atom stereocenters. The summed E-state index contributed by atoms with van der Waals surface area (Å²) in [6.45, 7) is 0. The third kappa shape index (κ3) is 6.54. The summed E-state index contributed by atoms with van der Waals surface area (Å²) in [7, 11) is -22.5. The fourth-order valence-electron chi connectivity index (χ4n) is 3.82. The van der Waals surface area contributed by atoms with E-state index >= 15 is 0 Å². The molecule has 0 fully saturated rings. The van der Waals surface area contributed by atoms with E-state index in [1.807, 2.05) is 0 Å². The van der Waals surface area contributed by atoms with E-state index in [0.717, 1.165) is 12.1 Å². The van der Waals surface area contributed by atoms with Crippen LogP contribution in [0.1, 0.15) is 5.71 Å². The Hall–Kier alpha value is 1.56. The van der Waals surface area contributed by atoms with Crippen LogP contribution in [0.5, 0.6) is 0 Å². The van der Waals surface area contributed by atoms with Gasteiger partial charge in [-0.1, -0.05) is 30.3 Å². The average Bonchev–Trinajstić information content (AvgIpc) is 2.61. The summed E-state index contributed by atoms with van der Waals surface area (Å²) >= 11 is 0. The van der Waals surface area contributed by atoms with Crippen molar-refractivity contribution < 1.29 is 176 Å². The second-order valence-corrected chi connectivity index (χ2v) is 12.2. The van der Waals surface area contributed by atoms with E-state index in [1.165, 1.54) is 24.3 Å². The minimum absolute atomic E-state index is 0. The zero-order valence-electron chi connectivity index (χ0n) is 23.2. The molecule has 0 aliphatic rings. The summed E-state index contributed by atoms with van der Waals surface area (Å²) in [5.74, 6) is 0. The number of rotatable bonds is 4. The van der Waals surface area contributed by atoms with Crippen LogP contribution >= 0.6 is 0 Å². The summed E-state index contributed by atoms with van der Waals surface area (Å²) in [6, 6.07) is 7.29. The normalized spacial score (nSPS) is 12.4. The third-order valence-electron chi connectivity index (χ3n) is 4.80. The first-order chi connectivity index (χ1) is 14.4. The molecule has 0 amide bonds. The van der Waals surface area contributed by atoms with Crippen molar-refractivity contribution >= 4 is 72.8 Å². The van der Waals surface area contributed by atoms with Crippen LogP contribution in [0.15, 0.2) is 56.0 Å². The van der Waals surface area contributed by atoms with E-state index in [2.05, 4.69) is 0 Å². The molecule has 4 aromatic rings. The predicted molar refractivity (Wildman–Crippen MR) is 114 cm³/mol. The van der Waals surface area contributed by atoms with Gasteiger partial charge in [0.25, 0.3) is 40.5 Å². The predicted octanol–water partition coefficient (Wildman–Crippen LogP) is -9.96. The largest absolute Gasteiger partial charge is 1.00 e. The molecule has 4 rings (SSSR count). The van der Waals surface area contributed by atoms with Crippen molar-refractivity contribution in [2.24, 2.45) is 0 Å². The maximum absolute atomic E-state index is 12.2. The van der Waals surface area contributed by atoms with E-state index in [1.54, 1.807) is 0 Å². The fourth-order valence-corrected chi connectivity index (χ4v) is 8.22. The topological polar surface area (TPSA) is 217 Å². The maximum atomic E-state index is 12.2. The van der Waals surface area contributed by atoms with Crippen LogP contribution < -0.4 is 118 Å². The van der Waals surface area contributed by atoms with Crippen LogP contribution in [-0.2, 0) is 40.5 Å².